The van der Waals surface area contributed by atoms with Crippen molar-refractivity contribution in [2.24, 2.45) is 0 Å². The Morgan fingerprint density at radius 2 is 2.14 bits per heavy atom. The maximum atomic E-state index is 11.8. The van der Waals surface area contributed by atoms with Crippen LogP contribution in [0.4, 0.5) is 0 Å². The van der Waals surface area contributed by atoms with Gasteiger partial charge in [0.1, 0.15) is 0 Å². The molecule has 1 atom stereocenters. The van der Waals surface area contributed by atoms with Crippen LogP contribution in [0.25, 0.3) is 11.1 Å². The van der Waals surface area contributed by atoms with Crippen LogP contribution in [-0.4, -0.2) is 11.1 Å². The standard InChI is InChI=1S/C16H18N2O2S/c1-3-17-15(12-7-8-21-10-12)11-5-6-13-14(9-11)20-16(19)18(13)4-2/h5-10,15,17H,3-4H2,1-2H3. The van der Waals surface area contributed by atoms with E-state index in [0.29, 0.717) is 12.1 Å². The zero-order valence-corrected chi connectivity index (χ0v) is 12.9. The van der Waals surface area contributed by atoms with Crippen LogP contribution in [0, 0.1) is 0 Å². The summed E-state index contributed by atoms with van der Waals surface area (Å²) in [4.78, 5) is 11.8. The Hall–Kier alpha value is -1.85. The second-order valence-corrected chi connectivity index (χ2v) is 5.67. The molecule has 2 heterocycles. The molecule has 0 amide bonds. The lowest BCUT2D eigenvalue weighted by Crippen LogP contribution is -2.21. The van der Waals surface area contributed by atoms with E-state index in [1.165, 1.54) is 5.56 Å². The van der Waals surface area contributed by atoms with Crippen molar-refractivity contribution in [3.8, 4) is 0 Å². The van der Waals surface area contributed by atoms with Crippen molar-refractivity contribution < 1.29 is 4.42 Å². The molecule has 3 rings (SSSR count). The van der Waals surface area contributed by atoms with Crippen LogP contribution in [0.15, 0.2) is 44.2 Å². The molecule has 1 unspecified atom stereocenters. The van der Waals surface area contributed by atoms with Crippen LogP contribution >= 0.6 is 11.3 Å². The molecule has 0 fully saturated rings. The smallest absolute Gasteiger partial charge is 0.408 e. The molecule has 0 aliphatic carbocycles. The largest absolute Gasteiger partial charge is 0.419 e. The first-order chi connectivity index (χ1) is 10.2. The van der Waals surface area contributed by atoms with E-state index in [2.05, 4.69) is 35.1 Å². The Kier molecular flexibility index (Phi) is 3.94. The van der Waals surface area contributed by atoms with Gasteiger partial charge in [-0.3, -0.25) is 4.57 Å². The maximum absolute atomic E-state index is 11.8. The van der Waals surface area contributed by atoms with Crippen molar-refractivity contribution in [1.29, 1.82) is 0 Å². The van der Waals surface area contributed by atoms with Gasteiger partial charge in [-0.05, 0) is 53.6 Å². The monoisotopic (exact) mass is 302 g/mol. The predicted octanol–water partition coefficient (Wildman–Crippen LogP) is 3.37. The van der Waals surface area contributed by atoms with Crippen molar-refractivity contribution >= 4 is 22.4 Å². The van der Waals surface area contributed by atoms with E-state index in [1.807, 2.05) is 19.1 Å². The number of hydrogen-bond donors (Lipinski definition) is 1. The second kappa shape index (κ2) is 5.87. The molecular weight excluding hydrogens is 284 g/mol. The van der Waals surface area contributed by atoms with Gasteiger partial charge in [-0.15, -0.1) is 0 Å². The Bertz CT molecular complexity index is 786. The third-order valence-electron chi connectivity index (χ3n) is 3.63. The average Bonchev–Trinajstić information content (AvgIpc) is 3.10. The number of fused-ring (bicyclic) bond motifs is 1. The lowest BCUT2D eigenvalue weighted by atomic mass is 10.0. The van der Waals surface area contributed by atoms with Crippen molar-refractivity contribution in [3.63, 3.8) is 0 Å². The molecule has 0 aliphatic heterocycles. The summed E-state index contributed by atoms with van der Waals surface area (Å²) in [5.74, 6) is -0.291. The van der Waals surface area contributed by atoms with E-state index in [1.54, 1.807) is 15.9 Å². The first-order valence-electron chi connectivity index (χ1n) is 7.13. The highest BCUT2D eigenvalue weighted by atomic mass is 32.1. The highest BCUT2D eigenvalue weighted by Gasteiger charge is 2.16. The molecule has 21 heavy (non-hydrogen) atoms. The Balaban J connectivity index is 2.09. The normalized spacial score (nSPS) is 12.9. The number of hydrogen-bond acceptors (Lipinski definition) is 4. The Morgan fingerprint density at radius 3 is 2.81 bits per heavy atom. The number of aromatic nitrogens is 1. The molecule has 5 heteroatoms. The van der Waals surface area contributed by atoms with E-state index < -0.39 is 0 Å². The topological polar surface area (TPSA) is 47.2 Å². The van der Waals surface area contributed by atoms with Gasteiger partial charge >= 0.3 is 5.76 Å². The van der Waals surface area contributed by atoms with Crippen molar-refractivity contribution in [1.82, 2.24) is 9.88 Å². The summed E-state index contributed by atoms with van der Waals surface area (Å²) in [6, 6.07) is 8.24. The molecule has 2 aromatic heterocycles. The fraction of sp³-hybridized carbons (Fsp3) is 0.312. The molecule has 110 valence electrons. The summed E-state index contributed by atoms with van der Waals surface area (Å²) in [7, 11) is 0. The molecule has 0 aliphatic rings. The molecule has 4 nitrogen and oxygen atoms in total. The van der Waals surface area contributed by atoms with Crippen LogP contribution in [0.2, 0.25) is 0 Å². The molecule has 1 aromatic carbocycles. The first-order valence-corrected chi connectivity index (χ1v) is 8.07. The van der Waals surface area contributed by atoms with Crippen LogP contribution in [-0.2, 0) is 6.54 Å². The fourth-order valence-electron chi connectivity index (χ4n) is 2.63. The molecule has 0 radical (unpaired) electrons. The van der Waals surface area contributed by atoms with Crippen molar-refractivity contribution in [2.45, 2.75) is 26.4 Å². The van der Waals surface area contributed by atoms with Gasteiger partial charge in [0.25, 0.3) is 0 Å². The summed E-state index contributed by atoms with van der Waals surface area (Å²) in [5, 5.41) is 7.70. The zero-order chi connectivity index (χ0) is 14.8. The maximum Gasteiger partial charge on any atom is 0.419 e. The van der Waals surface area contributed by atoms with Gasteiger partial charge in [0.2, 0.25) is 0 Å². The summed E-state index contributed by atoms with van der Waals surface area (Å²) in [6.07, 6.45) is 0. The van der Waals surface area contributed by atoms with Gasteiger partial charge in [-0.2, -0.15) is 11.3 Å². The molecule has 0 spiro atoms. The highest BCUT2D eigenvalue weighted by molar-refractivity contribution is 7.08. The molecule has 0 saturated carbocycles. The third kappa shape index (κ3) is 2.54. The van der Waals surface area contributed by atoms with E-state index in [0.717, 1.165) is 17.6 Å². The molecule has 1 N–H and O–H groups in total. The first kappa shape index (κ1) is 14.1. The number of oxazole rings is 1. The van der Waals surface area contributed by atoms with Gasteiger partial charge in [0.05, 0.1) is 11.6 Å². The van der Waals surface area contributed by atoms with Crippen molar-refractivity contribution in [2.75, 3.05) is 6.54 Å². The summed E-state index contributed by atoms with van der Waals surface area (Å²) in [5.41, 5.74) is 3.85. The van der Waals surface area contributed by atoms with Gasteiger partial charge in [-0.25, -0.2) is 4.79 Å². The van der Waals surface area contributed by atoms with E-state index in [9.17, 15) is 4.79 Å². The SMILES string of the molecule is CCNC(c1ccsc1)c1ccc2c(c1)oc(=O)n2CC. The zero-order valence-electron chi connectivity index (χ0n) is 12.1. The number of thiophene rings is 1. The molecule has 3 aromatic rings. The van der Waals surface area contributed by atoms with Crippen LogP contribution < -0.4 is 11.1 Å². The Labute approximate surface area is 127 Å². The van der Waals surface area contributed by atoms with Crippen LogP contribution in [0.3, 0.4) is 0 Å². The highest BCUT2D eigenvalue weighted by Crippen LogP contribution is 2.26. The van der Waals surface area contributed by atoms with E-state index in [4.69, 9.17) is 4.42 Å². The van der Waals surface area contributed by atoms with Crippen molar-refractivity contribution in [3.05, 3.63) is 56.7 Å². The van der Waals surface area contributed by atoms with Gasteiger partial charge in [0, 0.05) is 6.54 Å². The number of nitrogens with zero attached hydrogens (tertiary/aromatic N) is 1. The minimum Gasteiger partial charge on any atom is -0.408 e. The third-order valence-corrected chi connectivity index (χ3v) is 4.33. The van der Waals surface area contributed by atoms with Crippen LogP contribution in [0.1, 0.15) is 31.0 Å². The molecular formula is C16H18N2O2S. The Morgan fingerprint density at radius 1 is 1.29 bits per heavy atom. The summed E-state index contributed by atoms with van der Waals surface area (Å²) in [6.45, 7) is 5.52. The number of aryl methyl sites for hydroxylation is 1. The number of rotatable bonds is 5. The number of benzene rings is 1. The summed E-state index contributed by atoms with van der Waals surface area (Å²) < 4.78 is 7.00. The lowest BCUT2D eigenvalue weighted by Gasteiger charge is -2.17. The minimum absolute atomic E-state index is 0.126. The van der Waals surface area contributed by atoms with Gasteiger partial charge in [-0.1, -0.05) is 13.0 Å². The molecule has 0 saturated heterocycles. The second-order valence-electron chi connectivity index (χ2n) is 4.89. The molecule has 0 bridgehead atoms. The average molecular weight is 302 g/mol. The van der Waals surface area contributed by atoms with Crippen LogP contribution in [0.5, 0.6) is 0 Å². The fourth-order valence-corrected chi connectivity index (χ4v) is 3.32. The minimum atomic E-state index is -0.291. The number of nitrogens with one attached hydrogen (secondary N) is 1. The predicted molar refractivity (Wildman–Crippen MR) is 86.0 cm³/mol. The quantitative estimate of drug-likeness (QED) is 0.786. The lowest BCUT2D eigenvalue weighted by molar-refractivity contribution is 0.512. The van der Waals surface area contributed by atoms with E-state index in [-0.39, 0.29) is 11.8 Å². The summed E-state index contributed by atoms with van der Waals surface area (Å²) >= 11 is 1.68. The van der Waals surface area contributed by atoms with E-state index >= 15 is 0 Å². The van der Waals surface area contributed by atoms with Gasteiger partial charge < -0.3 is 9.73 Å². The van der Waals surface area contributed by atoms with Gasteiger partial charge in [0.15, 0.2) is 5.58 Å².